The van der Waals surface area contributed by atoms with Crippen LogP contribution in [0.2, 0.25) is 0 Å². The summed E-state index contributed by atoms with van der Waals surface area (Å²) in [7, 11) is 1.79. The minimum Gasteiger partial charge on any atom is -0.463 e. The number of amides is 2. The van der Waals surface area contributed by atoms with E-state index >= 15 is 0 Å². The van der Waals surface area contributed by atoms with E-state index in [1.807, 2.05) is 12.1 Å². The van der Waals surface area contributed by atoms with Gasteiger partial charge in [-0.3, -0.25) is 10.00 Å². The number of aromatic nitrogens is 2. The number of urea groups is 1. The Bertz CT molecular complexity index is 728. The van der Waals surface area contributed by atoms with E-state index < -0.39 is 0 Å². The highest BCUT2D eigenvalue weighted by Crippen LogP contribution is 2.28. The van der Waals surface area contributed by atoms with Crippen LogP contribution in [-0.2, 0) is 16.5 Å². The summed E-state index contributed by atoms with van der Waals surface area (Å²) >= 11 is 0. The second-order valence-corrected chi connectivity index (χ2v) is 6.56. The molecule has 0 bridgehead atoms. The number of hydrogen-bond donors (Lipinski definition) is 1. The van der Waals surface area contributed by atoms with E-state index in [1.165, 1.54) is 0 Å². The summed E-state index contributed by atoms with van der Waals surface area (Å²) in [5.74, 6) is 1.29. The minimum atomic E-state index is -0.361. The third kappa shape index (κ3) is 3.27. The van der Waals surface area contributed by atoms with Crippen LogP contribution < -0.4 is 5.32 Å². The molecule has 8 nitrogen and oxygen atoms in total. The summed E-state index contributed by atoms with van der Waals surface area (Å²) in [4.78, 5) is 14.5. The van der Waals surface area contributed by atoms with Gasteiger partial charge < -0.3 is 18.8 Å². The zero-order chi connectivity index (χ0) is 17.3. The van der Waals surface area contributed by atoms with Gasteiger partial charge in [0.1, 0.15) is 17.1 Å². The Hall–Kier alpha value is -2.32. The number of nitrogens with zero attached hydrogens (tertiary/aromatic N) is 3. The molecule has 2 aromatic heterocycles. The summed E-state index contributed by atoms with van der Waals surface area (Å²) in [5.41, 5.74) is 0.321. The van der Waals surface area contributed by atoms with E-state index in [0.29, 0.717) is 43.6 Å². The smallest absolute Gasteiger partial charge is 0.323 e. The summed E-state index contributed by atoms with van der Waals surface area (Å²) in [6.45, 7) is 2.95. The van der Waals surface area contributed by atoms with E-state index in [-0.39, 0.29) is 11.6 Å². The van der Waals surface area contributed by atoms with Gasteiger partial charge >= 0.3 is 6.03 Å². The van der Waals surface area contributed by atoms with E-state index in [4.69, 9.17) is 13.9 Å². The molecule has 2 saturated heterocycles. The van der Waals surface area contributed by atoms with E-state index in [9.17, 15) is 4.79 Å². The monoisotopic (exact) mass is 346 g/mol. The fraction of sp³-hybridized carbons (Fsp3) is 0.529. The Morgan fingerprint density at radius 3 is 3.08 bits per heavy atom. The molecule has 134 valence electrons. The standard InChI is InChI=1S/C17H22N4O4/c1-20-15(10-13(19-20)14-4-2-8-24-14)18-16(22)21-6-9-25-17(11-21)5-3-7-23-12-17/h2,4,8,10H,3,5-7,9,11-12H2,1H3,(H,18,22). The third-order valence-corrected chi connectivity index (χ3v) is 4.71. The van der Waals surface area contributed by atoms with Crippen molar-refractivity contribution in [1.29, 1.82) is 0 Å². The Morgan fingerprint density at radius 2 is 2.32 bits per heavy atom. The lowest BCUT2D eigenvalue weighted by Gasteiger charge is -2.44. The molecule has 2 amide bonds. The molecule has 4 rings (SSSR count). The molecule has 2 aliphatic rings. The number of carbonyl (C=O) groups excluding carboxylic acids is 1. The largest absolute Gasteiger partial charge is 0.463 e. The van der Waals surface area contributed by atoms with Crippen molar-refractivity contribution in [3.8, 4) is 11.5 Å². The van der Waals surface area contributed by atoms with Crippen LogP contribution in [0.25, 0.3) is 11.5 Å². The SMILES string of the molecule is Cn1nc(-c2ccco2)cc1NC(=O)N1CCOC2(CCCOC2)C1. The van der Waals surface area contributed by atoms with Gasteiger partial charge in [-0.2, -0.15) is 5.10 Å². The van der Waals surface area contributed by atoms with E-state index in [2.05, 4.69) is 10.4 Å². The molecular formula is C17H22N4O4. The molecule has 8 heteroatoms. The number of hydrogen-bond acceptors (Lipinski definition) is 5. The lowest BCUT2D eigenvalue weighted by atomic mass is 9.94. The average Bonchev–Trinajstić information content (AvgIpc) is 3.26. The lowest BCUT2D eigenvalue weighted by molar-refractivity contribution is -0.159. The van der Waals surface area contributed by atoms with Crippen molar-refractivity contribution in [3.05, 3.63) is 24.5 Å². The second-order valence-electron chi connectivity index (χ2n) is 6.56. The van der Waals surface area contributed by atoms with Crippen molar-refractivity contribution in [2.75, 3.05) is 38.2 Å². The van der Waals surface area contributed by atoms with Crippen molar-refractivity contribution < 1.29 is 18.7 Å². The third-order valence-electron chi connectivity index (χ3n) is 4.71. The highest BCUT2D eigenvalue weighted by molar-refractivity contribution is 5.89. The molecule has 25 heavy (non-hydrogen) atoms. The highest BCUT2D eigenvalue weighted by atomic mass is 16.5. The van der Waals surface area contributed by atoms with E-state index in [1.54, 1.807) is 29.0 Å². The quantitative estimate of drug-likeness (QED) is 0.900. The van der Waals surface area contributed by atoms with Crippen molar-refractivity contribution in [2.24, 2.45) is 7.05 Å². The van der Waals surface area contributed by atoms with Gasteiger partial charge in [0.15, 0.2) is 5.76 Å². The predicted molar refractivity (Wildman–Crippen MR) is 90.2 cm³/mol. The first-order chi connectivity index (χ1) is 12.2. The van der Waals surface area contributed by atoms with Gasteiger partial charge in [0.25, 0.3) is 0 Å². The number of aryl methyl sites for hydroxylation is 1. The summed E-state index contributed by atoms with van der Waals surface area (Å²) in [6.07, 6.45) is 3.48. The molecule has 0 aliphatic carbocycles. The van der Waals surface area contributed by atoms with Crippen molar-refractivity contribution in [1.82, 2.24) is 14.7 Å². The highest BCUT2D eigenvalue weighted by Gasteiger charge is 2.40. The summed E-state index contributed by atoms with van der Waals surface area (Å²) in [5, 5.41) is 7.31. The van der Waals surface area contributed by atoms with Gasteiger partial charge in [-0.25, -0.2) is 4.79 Å². The summed E-state index contributed by atoms with van der Waals surface area (Å²) < 4.78 is 18.5. The number of rotatable bonds is 2. The Balaban J connectivity index is 1.45. The topological polar surface area (TPSA) is 81.8 Å². The van der Waals surface area contributed by atoms with Crippen LogP contribution in [0.15, 0.2) is 28.9 Å². The molecule has 0 radical (unpaired) electrons. The molecule has 1 unspecified atom stereocenters. The van der Waals surface area contributed by atoms with Gasteiger partial charge in [0.05, 0.1) is 26.0 Å². The number of carbonyl (C=O) groups is 1. The van der Waals surface area contributed by atoms with Crippen molar-refractivity contribution in [2.45, 2.75) is 18.4 Å². The first kappa shape index (κ1) is 16.2. The maximum atomic E-state index is 12.7. The molecule has 1 spiro atoms. The van der Waals surface area contributed by atoms with Gasteiger partial charge in [0, 0.05) is 26.3 Å². The van der Waals surface area contributed by atoms with Crippen LogP contribution in [0.4, 0.5) is 10.6 Å². The van der Waals surface area contributed by atoms with Crippen LogP contribution in [-0.4, -0.2) is 59.2 Å². The number of nitrogens with one attached hydrogen (secondary N) is 1. The van der Waals surface area contributed by atoms with Crippen molar-refractivity contribution in [3.63, 3.8) is 0 Å². The zero-order valence-corrected chi connectivity index (χ0v) is 14.2. The molecule has 4 heterocycles. The molecule has 2 aliphatic heterocycles. The van der Waals surface area contributed by atoms with E-state index in [0.717, 1.165) is 19.4 Å². The Labute approximate surface area is 145 Å². The number of furan rings is 1. The molecule has 2 aromatic rings. The first-order valence-corrected chi connectivity index (χ1v) is 8.51. The summed E-state index contributed by atoms with van der Waals surface area (Å²) in [6, 6.07) is 5.29. The molecule has 0 saturated carbocycles. The molecule has 0 aromatic carbocycles. The molecule has 1 atom stereocenters. The minimum absolute atomic E-state index is 0.151. The lowest BCUT2D eigenvalue weighted by Crippen LogP contribution is -2.58. The van der Waals surface area contributed by atoms with Crippen LogP contribution >= 0.6 is 0 Å². The predicted octanol–water partition coefficient (Wildman–Crippen LogP) is 2.09. The van der Waals surface area contributed by atoms with Gasteiger partial charge in [0.2, 0.25) is 0 Å². The first-order valence-electron chi connectivity index (χ1n) is 8.51. The number of ether oxygens (including phenoxy) is 2. The molecule has 1 N–H and O–H groups in total. The van der Waals surface area contributed by atoms with Gasteiger partial charge in [-0.15, -0.1) is 0 Å². The van der Waals surface area contributed by atoms with Crippen molar-refractivity contribution >= 4 is 11.8 Å². The fourth-order valence-electron chi connectivity index (χ4n) is 3.40. The second kappa shape index (κ2) is 6.53. The van der Waals surface area contributed by atoms with Crippen LogP contribution in [0, 0.1) is 0 Å². The maximum Gasteiger partial charge on any atom is 0.323 e. The molecule has 2 fully saturated rings. The Morgan fingerprint density at radius 1 is 1.40 bits per heavy atom. The average molecular weight is 346 g/mol. The van der Waals surface area contributed by atoms with Gasteiger partial charge in [-0.05, 0) is 25.0 Å². The fourth-order valence-corrected chi connectivity index (χ4v) is 3.40. The normalized spacial score (nSPS) is 23.8. The van der Waals surface area contributed by atoms with Crippen LogP contribution in [0.5, 0.6) is 0 Å². The zero-order valence-electron chi connectivity index (χ0n) is 14.2. The van der Waals surface area contributed by atoms with Gasteiger partial charge in [-0.1, -0.05) is 0 Å². The maximum absolute atomic E-state index is 12.7. The molecular weight excluding hydrogens is 324 g/mol. The van der Waals surface area contributed by atoms with Crippen LogP contribution in [0.1, 0.15) is 12.8 Å². The Kier molecular flexibility index (Phi) is 4.22. The number of morpholine rings is 1. The number of anilines is 1. The van der Waals surface area contributed by atoms with Crippen LogP contribution in [0.3, 0.4) is 0 Å².